The van der Waals surface area contributed by atoms with Crippen molar-refractivity contribution in [2.45, 2.75) is 23.6 Å². The smallest absolute Gasteiger partial charge is 0.308 e. The van der Waals surface area contributed by atoms with E-state index < -0.39 is 0 Å². The van der Waals surface area contributed by atoms with E-state index in [1.165, 1.54) is 6.92 Å². The highest BCUT2D eigenvalue weighted by Gasteiger charge is 2.17. The molecule has 0 fully saturated rings. The van der Waals surface area contributed by atoms with Gasteiger partial charge in [0.15, 0.2) is 0 Å². The van der Waals surface area contributed by atoms with Crippen LogP contribution in [0.2, 0.25) is 0 Å². The summed E-state index contributed by atoms with van der Waals surface area (Å²) in [7, 11) is 0. The van der Waals surface area contributed by atoms with Crippen molar-refractivity contribution in [2.75, 3.05) is 6.61 Å². The number of ether oxygens (including phenoxy) is 2. The van der Waals surface area contributed by atoms with Gasteiger partial charge < -0.3 is 9.47 Å². The van der Waals surface area contributed by atoms with E-state index in [-0.39, 0.29) is 5.97 Å². The highest BCUT2D eigenvalue weighted by molar-refractivity contribution is 8.00. The Labute approximate surface area is 180 Å². The molecule has 0 aliphatic heterocycles. The molecule has 0 heterocycles. The number of esters is 1. The quantitative estimate of drug-likeness (QED) is 0.193. The fourth-order valence-electron chi connectivity index (χ4n) is 3.31. The number of rotatable bonds is 6. The van der Waals surface area contributed by atoms with Crippen molar-refractivity contribution in [3.05, 3.63) is 84.9 Å². The molecule has 0 amide bonds. The molecule has 0 aliphatic rings. The summed E-state index contributed by atoms with van der Waals surface area (Å²) in [6.07, 6.45) is 0. The van der Waals surface area contributed by atoms with Crippen LogP contribution in [0, 0.1) is 0 Å². The molecule has 0 aromatic heterocycles. The van der Waals surface area contributed by atoms with Crippen LogP contribution in [0.25, 0.3) is 21.5 Å². The molecule has 0 aliphatic carbocycles. The van der Waals surface area contributed by atoms with Crippen LogP contribution in [0.4, 0.5) is 0 Å². The molecule has 4 aromatic rings. The Bertz CT molecular complexity index is 1260. The van der Waals surface area contributed by atoms with Crippen molar-refractivity contribution < 1.29 is 14.3 Å². The summed E-state index contributed by atoms with van der Waals surface area (Å²) in [6.45, 7) is 7.75. The molecule has 0 bridgehead atoms. The fourth-order valence-corrected chi connectivity index (χ4v) is 4.54. The zero-order valence-electron chi connectivity index (χ0n) is 17.0. The first-order chi connectivity index (χ1) is 14.5. The Hall–Kier alpha value is -3.24. The zero-order valence-corrected chi connectivity index (χ0v) is 17.8. The second-order valence-corrected chi connectivity index (χ2v) is 8.19. The van der Waals surface area contributed by atoms with Gasteiger partial charge in [-0.1, -0.05) is 79.0 Å². The third kappa shape index (κ3) is 4.19. The zero-order chi connectivity index (χ0) is 21.1. The van der Waals surface area contributed by atoms with Gasteiger partial charge in [0.25, 0.3) is 0 Å². The topological polar surface area (TPSA) is 35.5 Å². The Kier molecular flexibility index (Phi) is 5.77. The molecule has 0 N–H and O–H groups in total. The van der Waals surface area contributed by atoms with E-state index in [1.807, 2.05) is 55.5 Å². The van der Waals surface area contributed by atoms with Crippen molar-refractivity contribution in [1.82, 2.24) is 0 Å². The molecular formula is C26H22O3S. The first-order valence-electron chi connectivity index (χ1n) is 9.70. The summed E-state index contributed by atoms with van der Waals surface area (Å²) < 4.78 is 11.6. The van der Waals surface area contributed by atoms with Crippen LogP contribution in [0.15, 0.2) is 94.7 Å². The van der Waals surface area contributed by atoms with Gasteiger partial charge in [-0.3, -0.25) is 4.79 Å². The van der Waals surface area contributed by atoms with E-state index in [9.17, 15) is 4.79 Å². The average molecular weight is 415 g/mol. The van der Waals surface area contributed by atoms with Gasteiger partial charge in [0.1, 0.15) is 18.1 Å². The predicted molar refractivity (Wildman–Crippen MR) is 124 cm³/mol. The molecule has 3 nitrogen and oxygen atoms in total. The van der Waals surface area contributed by atoms with Crippen molar-refractivity contribution in [3.63, 3.8) is 0 Å². The molecule has 4 rings (SSSR count). The van der Waals surface area contributed by atoms with E-state index in [0.29, 0.717) is 12.4 Å². The number of hydrogen-bond acceptors (Lipinski definition) is 4. The summed E-state index contributed by atoms with van der Waals surface area (Å²) in [6, 6.07) is 24.2. The largest absolute Gasteiger partial charge is 0.488 e. The maximum absolute atomic E-state index is 11.7. The highest BCUT2D eigenvalue weighted by Crippen LogP contribution is 2.46. The van der Waals surface area contributed by atoms with Crippen molar-refractivity contribution in [2.24, 2.45) is 0 Å². The molecule has 0 atom stereocenters. The fraction of sp³-hybridized carbons (Fsp3) is 0.115. The molecule has 30 heavy (non-hydrogen) atoms. The van der Waals surface area contributed by atoms with Gasteiger partial charge in [-0.2, -0.15) is 0 Å². The maximum atomic E-state index is 11.7. The van der Waals surface area contributed by atoms with Gasteiger partial charge >= 0.3 is 5.97 Å². The Morgan fingerprint density at radius 1 is 0.800 bits per heavy atom. The van der Waals surface area contributed by atoms with Crippen molar-refractivity contribution in [3.8, 4) is 11.5 Å². The Morgan fingerprint density at radius 3 is 1.90 bits per heavy atom. The highest BCUT2D eigenvalue weighted by atomic mass is 32.2. The van der Waals surface area contributed by atoms with Crippen LogP contribution >= 0.6 is 11.8 Å². The minimum absolute atomic E-state index is 0.344. The average Bonchev–Trinajstić information content (AvgIpc) is 2.74. The lowest BCUT2D eigenvalue weighted by Gasteiger charge is -2.17. The molecule has 0 saturated carbocycles. The first kappa shape index (κ1) is 20.0. The summed E-state index contributed by atoms with van der Waals surface area (Å²) in [5.41, 5.74) is 0.949. The van der Waals surface area contributed by atoms with Gasteiger partial charge in [0.2, 0.25) is 0 Å². The summed E-state index contributed by atoms with van der Waals surface area (Å²) in [5, 5.41) is 4.32. The van der Waals surface area contributed by atoms with E-state index in [1.54, 1.807) is 11.8 Å². The van der Waals surface area contributed by atoms with Gasteiger partial charge in [0, 0.05) is 6.92 Å². The van der Waals surface area contributed by atoms with Crippen LogP contribution in [-0.4, -0.2) is 12.6 Å². The summed E-state index contributed by atoms with van der Waals surface area (Å²) in [5.74, 6) is 0.984. The van der Waals surface area contributed by atoms with E-state index >= 15 is 0 Å². The molecule has 4 heteroatoms. The van der Waals surface area contributed by atoms with Crippen LogP contribution in [0.1, 0.15) is 13.8 Å². The third-order valence-corrected chi connectivity index (χ3v) is 5.87. The molecule has 150 valence electrons. The maximum Gasteiger partial charge on any atom is 0.308 e. The minimum Gasteiger partial charge on any atom is -0.488 e. The molecular weight excluding hydrogens is 392 g/mol. The second kappa shape index (κ2) is 8.64. The van der Waals surface area contributed by atoms with Crippen LogP contribution in [0.5, 0.6) is 11.5 Å². The molecule has 0 saturated heterocycles. The lowest BCUT2D eigenvalue weighted by atomic mass is 10.1. The molecule has 0 unspecified atom stereocenters. The predicted octanol–water partition coefficient (Wildman–Crippen LogP) is 7.02. The Morgan fingerprint density at radius 2 is 1.33 bits per heavy atom. The third-order valence-electron chi connectivity index (χ3n) is 4.62. The van der Waals surface area contributed by atoms with Crippen molar-refractivity contribution >= 4 is 39.3 Å². The van der Waals surface area contributed by atoms with Crippen LogP contribution in [-0.2, 0) is 4.79 Å². The molecule has 0 radical (unpaired) electrons. The van der Waals surface area contributed by atoms with Crippen LogP contribution < -0.4 is 9.47 Å². The number of carbonyl (C=O) groups excluding carboxylic acids is 1. The number of hydrogen-bond donors (Lipinski definition) is 0. The number of benzene rings is 4. The summed E-state index contributed by atoms with van der Waals surface area (Å²) in [4.78, 5) is 13.6. The van der Waals surface area contributed by atoms with Crippen LogP contribution in [0.3, 0.4) is 0 Å². The Balaban J connectivity index is 1.91. The van der Waals surface area contributed by atoms with E-state index in [0.717, 1.165) is 42.7 Å². The lowest BCUT2D eigenvalue weighted by molar-refractivity contribution is -0.132. The first-order valence-corrected chi connectivity index (χ1v) is 10.5. The lowest BCUT2D eigenvalue weighted by Crippen LogP contribution is -2.03. The number of carbonyl (C=O) groups is 1. The molecule has 4 aromatic carbocycles. The monoisotopic (exact) mass is 414 g/mol. The van der Waals surface area contributed by atoms with Gasteiger partial charge in [0.05, 0.1) is 9.79 Å². The van der Waals surface area contributed by atoms with Gasteiger partial charge in [-0.05, 0) is 46.2 Å². The summed E-state index contributed by atoms with van der Waals surface area (Å²) >= 11 is 1.56. The van der Waals surface area contributed by atoms with E-state index in [4.69, 9.17) is 9.47 Å². The van der Waals surface area contributed by atoms with Crippen molar-refractivity contribution in [1.29, 1.82) is 0 Å². The van der Waals surface area contributed by atoms with Gasteiger partial charge in [-0.15, -0.1) is 0 Å². The molecule has 0 spiro atoms. The van der Waals surface area contributed by atoms with Gasteiger partial charge in [-0.25, -0.2) is 0 Å². The standard InChI is InChI=1S/C26H22O3S/c1-17(2)16-28-23-14-12-19-8-4-6-10-21(19)25(23)30-26-22-11-7-5-9-20(22)13-15-24(26)29-18(3)27/h4-15H,1,16H2,2-3H3. The normalized spacial score (nSPS) is 10.9. The number of fused-ring (bicyclic) bond motifs is 2. The SMILES string of the molecule is C=C(C)COc1ccc2ccccc2c1Sc1c(OC(C)=O)ccc2ccccc12. The van der Waals surface area contributed by atoms with E-state index in [2.05, 4.69) is 30.8 Å². The second-order valence-electron chi connectivity index (χ2n) is 7.17. The minimum atomic E-state index is -0.344.